The average molecular weight is 312 g/mol. The van der Waals surface area contributed by atoms with E-state index in [1.54, 1.807) is 12.1 Å². The van der Waals surface area contributed by atoms with Gasteiger partial charge < -0.3 is 4.90 Å². The molecule has 0 saturated carbocycles. The molecule has 1 heterocycles. The van der Waals surface area contributed by atoms with Crippen molar-refractivity contribution >= 4 is 5.69 Å². The average Bonchev–Trinajstić information content (AvgIpc) is 2.56. The lowest BCUT2D eigenvalue weighted by molar-refractivity contribution is 0.318. The number of anilines is 1. The fourth-order valence-electron chi connectivity index (χ4n) is 3.28. The first-order chi connectivity index (χ1) is 11.2. The second-order valence-electron chi connectivity index (χ2n) is 6.52. The first kappa shape index (κ1) is 16.0. The largest absolute Gasteiger partial charge is 0.372 e. The summed E-state index contributed by atoms with van der Waals surface area (Å²) in [7, 11) is 2.07. The highest BCUT2D eigenvalue weighted by atomic mass is 19.1. The molecule has 0 bridgehead atoms. The summed E-state index contributed by atoms with van der Waals surface area (Å²) in [4.78, 5) is 4.69. The summed E-state index contributed by atoms with van der Waals surface area (Å²) in [5.41, 5.74) is 3.64. The van der Waals surface area contributed by atoms with Crippen LogP contribution in [0.1, 0.15) is 30.4 Å². The van der Waals surface area contributed by atoms with Crippen LogP contribution in [0.2, 0.25) is 0 Å². The van der Waals surface area contributed by atoms with Crippen LogP contribution in [0.15, 0.2) is 48.5 Å². The van der Waals surface area contributed by atoms with Crippen molar-refractivity contribution in [3.63, 3.8) is 0 Å². The van der Waals surface area contributed by atoms with Crippen LogP contribution in [-0.2, 0) is 13.1 Å². The van der Waals surface area contributed by atoms with Gasteiger partial charge in [0.15, 0.2) is 0 Å². The van der Waals surface area contributed by atoms with E-state index in [9.17, 15) is 4.39 Å². The Kier molecular flexibility index (Phi) is 5.29. The number of piperidine rings is 1. The lowest BCUT2D eigenvalue weighted by atomic mass is 10.1. The van der Waals surface area contributed by atoms with Crippen molar-refractivity contribution in [2.75, 3.05) is 25.0 Å². The summed E-state index contributed by atoms with van der Waals surface area (Å²) in [5, 5.41) is 0. The monoisotopic (exact) mass is 312 g/mol. The molecule has 1 saturated heterocycles. The Hall–Kier alpha value is -1.87. The number of halogens is 1. The van der Waals surface area contributed by atoms with Gasteiger partial charge in [0.05, 0.1) is 0 Å². The molecule has 2 aromatic rings. The fraction of sp³-hybridized carbons (Fsp3) is 0.400. The molecule has 1 aliphatic rings. The summed E-state index contributed by atoms with van der Waals surface area (Å²) in [6.07, 6.45) is 3.97. The van der Waals surface area contributed by atoms with Gasteiger partial charge in [-0.2, -0.15) is 0 Å². The Morgan fingerprint density at radius 1 is 0.913 bits per heavy atom. The van der Waals surface area contributed by atoms with Gasteiger partial charge in [-0.15, -0.1) is 0 Å². The van der Waals surface area contributed by atoms with E-state index in [-0.39, 0.29) is 5.82 Å². The third kappa shape index (κ3) is 4.55. The minimum Gasteiger partial charge on any atom is -0.372 e. The molecular formula is C20H25FN2. The summed E-state index contributed by atoms with van der Waals surface area (Å²) in [5.74, 6) is -0.165. The van der Waals surface area contributed by atoms with Crippen molar-refractivity contribution in [1.82, 2.24) is 4.90 Å². The smallest absolute Gasteiger partial charge is 0.123 e. The molecule has 2 aromatic carbocycles. The Balaban J connectivity index is 1.57. The zero-order chi connectivity index (χ0) is 16.1. The molecule has 122 valence electrons. The highest BCUT2D eigenvalue weighted by molar-refractivity contribution is 5.47. The lowest BCUT2D eigenvalue weighted by Gasteiger charge is -2.29. The number of hydrogen-bond acceptors (Lipinski definition) is 2. The van der Waals surface area contributed by atoms with Crippen LogP contribution in [0.5, 0.6) is 0 Å². The Morgan fingerprint density at radius 3 is 2.30 bits per heavy atom. The minimum absolute atomic E-state index is 0.165. The van der Waals surface area contributed by atoms with Gasteiger partial charge in [-0.25, -0.2) is 4.39 Å². The van der Waals surface area contributed by atoms with Crippen molar-refractivity contribution in [2.24, 2.45) is 0 Å². The highest BCUT2D eigenvalue weighted by Crippen LogP contribution is 2.20. The first-order valence-electron chi connectivity index (χ1n) is 8.47. The maximum absolute atomic E-state index is 13.2. The Labute approximate surface area is 138 Å². The molecule has 0 aliphatic carbocycles. The second-order valence-corrected chi connectivity index (χ2v) is 6.52. The van der Waals surface area contributed by atoms with Crippen molar-refractivity contribution in [3.8, 4) is 0 Å². The SMILES string of the molecule is CN(Cc1ccc(N2CCCCC2)cc1)Cc1cccc(F)c1. The van der Waals surface area contributed by atoms with E-state index in [2.05, 4.69) is 41.1 Å². The number of benzene rings is 2. The van der Waals surface area contributed by atoms with Crippen molar-refractivity contribution < 1.29 is 4.39 Å². The van der Waals surface area contributed by atoms with Crippen molar-refractivity contribution in [2.45, 2.75) is 32.4 Å². The zero-order valence-corrected chi connectivity index (χ0v) is 13.8. The van der Waals surface area contributed by atoms with E-state index >= 15 is 0 Å². The van der Waals surface area contributed by atoms with Crippen LogP contribution in [-0.4, -0.2) is 25.0 Å². The standard InChI is InChI=1S/C20H25FN2/c1-22(16-18-6-5-7-19(21)14-18)15-17-8-10-20(11-9-17)23-12-3-2-4-13-23/h5-11,14H,2-4,12-13,15-16H2,1H3. The lowest BCUT2D eigenvalue weighted by Crippen LogP contribution is -2.29. The summed E-state index contributed by atoms with van der Waals surface area (Å²) >= 11 is 0. The van der Waals surface area contributed by atoms with Crippen LogP contribution in [0, 0.1) is 5.82 Å². The molecular weight excluding hydrogens is 287 g/mol. The molecule has 0 N–H and O–H groups in total. The van der Waals surface area contributed by atoms with E-state index in [1.807, 2.05) is 6.07 Å². The molecule has 3 heteroatoms. The van der Waals surface area contributed by atoms with E-state index < -0.39 is 0 Å². The molecule has 0 radical (unpaired) electrons. The first-order valence-corrected chi connectivity index (χ1v) is 8.47. The molecule has 1 aliphatic heterocycles. The summed E-state index contributed by atoms with van der Waals surface area (Å²) in [6.45, 7) is 3.99. The maximum atomic E-state index is 13.2. The van der Waals surface area contributed by atoms with Gasteiger partial charge in [0.2, 0.25) is 0 Å². The van der Waals surface area contributed by atoms with Crippen LogP contribution < -0.4 is 4.90 Å². The number of hydrogen-bond donors (Lipinski definition) is 0. The van der Waals surface area contributed by atoms with Crippen LogP contribution in [0.4, 0.5) is 10.1 Å². The Morgan fingerprint density at radius 2 is 1.61 bits per heavy atom. The van der Waals surface area contributed by atoms with Crippen LogP contribution >= 0.6 is 0 Å². The topological polar surface area (TPSA) is 6.48 Å². The molecule has 0 unspecified atom stereocenters. The minimum atomic E-state index is -0.165. The summed E-state index contributed by atoms with van der Waals surface area (Å²) < 4.78 is 13.2. The van der Waals surface area contributed by atoms with Crippen LogP contribution in [0.3, 0.4) is 0 Å². The maximum Gasteiger partial charge on any atom is 0.123 e. The molecule has 0 spiro atoms. The second kappa shape index (κ2) is 7.60. The molecule has 0 atom stereocenters. The fourth-order valence-corrected chi connectivity index (χ4v) is 3.28. The van der Waals surface area contributed by atoms with Gasteiger partial charge in [-0.3, -0.25) is 4.90 Å². The highest BCUT2D eigenvalue weighted by Gasteiger charge is 2.10. The molecule has 1 fully saturated rings. The third-order valence-corrected chi connectivity index (χ3v) is 4.45. The van der Waals surface area contributed by atoms with Gasteiger partial charge in [-0.1, -0.05) is 24.3 Å². The molecule has 23 heavy (non-hydrogen) atoms. The quantitative estimate of drug-likeness (QED) is 0.805. The molecule has 0 aromatic heterocycles. The van der Waals surface area contributed by atoms with Crippen molar-refractivity contribution in [1.29, 1.82) is 0 Å². The van der Waals surface area contributed by atoms with Crippen molar-refractivity contribution in [3.05, 3.63) is 65.5 Å². The zero-order valence-electron chi connectivity index (χ0n) is 13.8. The van der Waals surface area contributed by atoms with E-state index in [0.29, 0.717) is 0 Å². The normalized spacial score (nSPS) is 15.2. The molecule has 3 rings (SSSR count). The van der Waals surface area contributed by atoms with Gasteiger partial charge in [-0.05, 0) is 61.7 Å². The van der Waals surface area contributed by atoms with E-state index in [0.717, 1.165) is 18.7 Å². The predicted octanol–water partition coefficient (Wildman–Crippen LogP) is 4.45. The third-order valence-electron chi connectivity index (χ3n) is 4.45. The van der Waals surface area contributed by atoms with Gasteiger partial charge >= 0.3 is 0 Å². The van der Waals surface area contributed by atoms with E-state index in [4.69, 9.17) is 0 Å². The Bertz CT molecular complexity index is 618. The molecule has 2 nitrogen and oxygen atoms in total. The van der Waals surface area contributed by atoms with Gasteiger partial charge in [0.1, 0.15) is 5.82 Å². The number of rotatable bonds is 5. The number of nitrogens with zero attached hydrogens (tertiary/aromatic N) is 2. The van der Waals surface area contributed by atoms with Gasteiger partial charge in [0, 0.05) is 31.9 Å². The summed E-state index contributed by atoms with van der Waals surface area (Å²) in [6, 6.07) is 15.7. The van der Waals surface area contributed by atoms with Crippen LogP contribution in [0.25, 0.3) is 0 Å². The van der Waals surface area contributed by atoms with Gasteiger partial charge in [0.25, 0.3) is 0 Å². The molecule has 0 amide bonds. The predicted molar refractivity (Wildman–Crippen MR) is 94.1 cm³/mol. The van der Waals surface area contributed by atoms with E-state index in [1.165, 1.54) is 49.7 Å².